The maximum Gasteiger partial charge on any atom is 0.0880 e. The maximum atomic E-state index is 3.48. The van der Waals surface area contributed by atoms with Gasteiger partial charge in [0, 0.05) is 24.5 Å². The smallest absolute Gasteiger partial charge is 0.0880 e. The molecule has 0 unspecified atom stereocenters. The van der Waals surface area contributed by atoms with E-state index in [1.54, 1.807) is 0 Å². The van der Waals surface area contributed by atoms with Gasteiger partial charge in [0.2, 0.25) is 0 Å². The number of nitrogens with zero attached hydrogens (tertiary/aromatic N) is 1. The van der Waals surface area contributed by atoms with Gasteiger partial charge in [0.15, 0.2) is 0 Å². The molecule has 108 valence electrons. The molecule has 0 amide bonds. The summed E-state index contributed by atoms with van der Waals surface area (Å²) in [4.78, 5) is 2.67. The molecule has 0 radical (unpaired) electrons. The molecule has 20 heavy (non-hydrogen) atoms. The molecule has 3 heteroatoms. The van der Waals surface area contributed by atoms with E-state index in [0.717, 1.165) is 12.6 Å². The Morgan fingerprint density at radius 3 is 2.70 bits per heavy atom. The average molecular weight is 399 g/mol. The van der Waals surface area contributed by atoms with Crippen molar-refractivity contribution in [3.05, 3.63) is 41.0 Å². The normalized spacial score (nSPS) is 22.4. The first-order valence-electron chi connectivity index (χ1n) is 7.29. The molecule has 1 nitrogen and oxygen atoms in total. The Morgan fingerprint density at radius 2 is 2.05 bits per heavy atom. The van der Waals surface area contributed by atoms with E-state index in [1.807, 2.05) is 0 Å². The minimum atomic E-state index is 0.240. The molecule has 1 saturated carbocycles. The fourth-order valence-electron chi connectivity index (χ4n) is 3.21. The lowest BCUT2D eigenvalue weighted by molar-refractivity contribution is 0.185. The summed E-state index contributed by atoms with van der Waals surface area (Å²) in [5, 5.41) is 0. The van der Waals surface area contributed by atoms with E-state index in [4.69, 9.17) is 0 Å². The molecular weight excluding hydrogens is 378 g/mol. The van der Waals surface area contributed by atoms with Crippen LogP contribution in [-0.2, 0) is 12.0 Å². The second-order valence-electron chi connectivity index (χ2n) is 6.63. The minimum absolute atomic E-state index is 0.240. The third kappa shape index (κ3) is 3.20. The zero-order chi connectivity index (χ0) is 14.3. The van der Waals surface area contributed by atoms with Gasteiger partial charge in [-0.1, -0.05) is 76.1 Å². The minimum Gasteiger partial charge on any atom is -0.295 e. The van der Waals surface area contributed by atoms with Gasteiger partial charge in [-0.2, -0.15) is 0 Å². The molecule has 1 aliphatic heterocycles. The number of hydrogen-bond donors (Lipinski definition) is 0. The summed E-state index contributed by atoms with van der Waals surface area (Å²) in [6.45, 7) is 7.08. The fraction of sp³-hybridized carbons (Fsp3) is 0.529. The maximum absolute atomic E-state index is 3.48. The summed E-state index contributed by atoms with van der Waals surface area (Å²) in [7, 11) is 0. The lowest BCUT2D eigenvalue weighted by atomic mass is 9.77. The van der Waals surface area contributed by atoms with Gasteiger partial charge < -0.3 is 0 Å². The van der Waals surface area contributed by atoms with E-state index in [2.05, 4.69) is 81.0 Å². The second kappa shape index (κ2) is 5.58. The summed E-state index contributed by atoms with van der Waals surface area (Å²) in [6, 6.07) is 7.79. The highest BCUT2D eigenvalue weighted by Crippen LogP contribution is 2.39. The molecule has 0 atom stereocenters. The van der Waals surface area contributed by atoms with Crippen LogP contribution in [0, 0.1) is 0 Å². The lowest BCUT2D eigenvalue weighted by Crippen LogP contribution is -2.43. The van der Waals surface area contributed by atoms with Crippen molar-refractivity contribution in [3.63, 3.8) is 0 Å². The molecule has 1 heterocycles. The molecule has 0 aromatic heterocycles. The van der Waals surface area contributed by atoms with Crippen LogP contribution in [0.2, 0.25) is 0 Å². The molecule has 0 bridgehead atoms. The largest absolute Gasteiger partial charge is 0.295 e. The van der Waals surface area contributed by atoms with Gasteiger partial charge >= 0.3 is 0 Å². The number of allylic oxidation sites excluding steroid dienone is 1. The fourth-order valence-corrected chi connectivity index (χ4v) is 3.52. The van der Waals surface area contributed by atoms with Crippen LogP contribution in [0.3, 0.4) is 0 Å². The summed E-state index contributed by atoms with van der Waals surface area (Å²) in [5.74, 6) is 0. The molecule has 1 aromatic rings. The molecule has 0 spiro atoms. The van der Waals surface area contributed by atoms with Crippen molar-refractivity contribution in [1.82, 2.24) is 4.90 Å². The van der Waals surface area contributed by atoms with Crippen molar-refractivity contribution >= 4 is 37.9 Å². The predicted octanol–water partition coefficient (Wildman–Crippen LogP) is 5.07. The Bertz CT molecular complexity index is 530. The van der Waals surface area contributed by atoms with Crippen LogP contribution < -0.4 is 0 Å². The van der Waals surface area contributed by atoms with Gasteiger partial charge in [0.25, 0.3) is 0 Å². The van der Waals surface area contributed by atoms with Crippen molar-refractivity contribution in [3.8, 4) is 0 Å². The summed E-state index contributed by atoms with van der Waals surface area (Å²) in [5.41, 5.74) is 4.58. The summed E-state index contributed by atoms with van der Waals surface area (Å²) < 4.78 is 0.240. The topological polar surface area (TPSA) is 3.24 Å². The van der Waals surface area contributed by atoms with Gasteiger partial charge in [-0.15, -0.1) is 0 Å². The zero-order valence-electron chi connectivity index (χ0n) is 12.1. The molecule has 1 aliphatic carbocycles. The van der Waals surface area contributed by atoms with Crippen molar-refractivity contribution in [2.75, 3.05) is 6.54 Å². The highest BCUT2D eigenvalue weighted by atomic mass is 79.9. The number of alkyl halides is 2. The van der Waals surface area contributed by atoms with Gasteiger partial charge in [-0.25, -0.2) is 0 Å². The van der Waals surface area contributed by atoms with Gasteiger partial charge in [0.05, 0.1) is 3.74 Å². The van der Waals surface area contributed by atoms with Crippen LogP contribution in [0.5, 0.6) is 0 Å². The highest BCUT2D eigenvalue weighted by molar-refractivity contribution is 9.24. The first kappa shape index (κ1) is 14.8. The van der Waals surface area contributed by atoms with Gasteiger partial charge in [-0.3, -0.25) is 4.90 Å². The van der Waals surface area contributed by atoms with Crippen LogP contribution >= 0.6 is 31.9 Å². The Balaban J connectivity index is 1.90. The van der Waals surface area contributed by atoms with E-state index >= 15 is 0 Å². The van der Waals surface area contributed by atoms with Crippen LogP contribution in [0.1, 0.15) is 43.4 Å². The van der Waals surface area contributed by atoms with Crippen LogP contribution in [0.4, 0.5) is 0 Å². The highest BCUT2D eigenvalue weighted by Gasteiger charge is 2.38. The van der Waals surface area contributed by atoms with Gasteiger partial charge in [0.1, 0.15) is 0 Å². The predicted molar refractivity (Wildman–Crippen MR) is 93.6 cm³/mol. The van der Waals surface area contributed by atoms with Crippen molar-refractivity contribution < 1.29 is 0 Å². The van der Waals surface area contributed by atoms with E-state index in [0.29, 0.717) is 0 Å². The Hall–Kier alpha value is -0.120. The first-order valence-corrected chi connectivity index (χ1v) is 9.13. The van der Waals surface area contributed by atoms with E-state index in [1.165, 1.54) is 36.1 Å². The van der Waals surface area contributed by atoms with E-state index in [9.17, 15) is 0 Å². The number of hydrogen-bond acceptors (Lipinski definition) is 1. The monoisotopic (exact) mass is 397 g/mol. The Kier molecular flexibility index (Phi) is 4.13. The van der Waals surface area contributed by atoms with Crippen LogP contribution in [0.25, 0.3) is 6.08 Å². The number of benzene rings is 1. The first-order chi connectivity index (χ1) is 9.45. The number of halogens is 2. The quantitative estimate of drug-likeness (QED) is 0.642. The van der Waals surface area contributed by atoms with Crippen LogP contribution in [-0.4, -0.2) is 21.2 Å². The van der Waals surface area contributed by atoms with Gasteiger partial charge in [-0.05, 0) is 29.5 Å². The summed E-state index contributed by atoms with van der Waals surface area (Å²) in [6.07, 6.45) is 7.08. The SMILES string of the molecule is CC1(C)CN(C2CC2)Cc2ccc(C=CC(Br)Br)cc21. The standard InChI is InChI=1S/C17H21Br2N/c1-17(2)11-20(14-6-7-14)10-13-5-3-12(9-15(13)17)4-8-16(18)19/h3-5,8-9,14,16H,6-7,10-11H2,1-2H3. The molecule has 0 saturated heterocycles. The van der Waals surface area contributed by atoms with Crippen LogP contribution in [0.15, 0.2) is 24.3 Å². The number of fused-ring (bicyclic) bond motifs is 1. The number of rotatable bonds is 3. The molecule has 1 fully saturated rings. The molecule has 1 aromatic carbocycles. The Labute approximate surface area is 138 Å². The molecular formula is C17H21Br2N. The molecule has 2 aliphatic rings. The zero-order valence-corrected chi connectivity index (χ0v) is 15.2. The van der Waals surface area contributed by atoms with Crippen molar-refractivity contribution in [2.24, 2.45) is 0 Å². The van der Waals surface area contributed by atoms with E-state index < -0.39 is 0 Å². The second-order valence-corrected chi connectivity index (χ2v) is 9.83. The third-order valence-corrected chi connectivity index (χ3v) is 4.94. The van der Waals surface area contributed by atoms with Crippen molar-refractivity contribution in [1.29, 1.82) is 0 Å². The third-order valence-electron chi connectivity index (χ3n) is 4.33. The van der Waals surface area contributed by atoms with E-state index in [-0.39, 0.29) is 9.15 Å². The van der Waals surface area contributed by atoms with Crippen molar-refractivity contribution in [2.45, 2.75) is 48.4 Å². The summed E-state index contributed by atoms with van der Waals surface area (Å²) >= 11 is 6.97. The Morgan fingerprint density at radius 1 is 1.30 bits per heavy atom. The average Bonchev–Trinajstić information content (AvgIpc) is 3.20. The molecule has 3 rings (SSSR count). The molecule has 0 N–H and O–H groups in total. The lowest BCUT2D eigenvalue weighted by Gasteiger charge is -2.40.